The Morgan fingerprint density at radius 3 is 2.41 bits per heavy atom. The number of ether oxygens (including phenoxy) is 1. The minimum absolute atomic E-state index is 0.00965. The van der Waals surface area contributed by atoms with E-state index < -0.39 is 32.3 Å². The SMILES string of the molecule is COc1ccnc(-c2cc(C(=O)OS(=O)(=O)NC(N)=O)ccc2NS(C)(=O)=O)n1. The molecule has 0 bridgehead atoms. The molecule has 15 heteroatoms. The summed E-state index contributed by atoms with van der Waals surface area (Å²) in [4.78, 5) is 30.9. The van der Waals surface area contributed by atoms with Crippen LogP contribution >= 0.6 is 0 Å². The predicted molar refractivity (Wildman–Crippen MR) is 99.5 cm³/mol. The largest absolute Gasteiger partial charge is 0.481 e. The maximum atomic E-state index is 12.1. The van der Waals surface area contributed by atoms with Crippen molar-refractivity contribution in [2.24, 2.45) is 5.73 Å². The molecule has 1 heterocycles. The number of nitrogens with one attached hydrogen (secondary N) is 2. The van der Waals surface area contributed by atoms with Crippen molar-refractivity contribution < 1.29 is 35.3 Å². The van der Waals surface area contributed by atoms with Crippen LogP contribution in [-0.2, 0) is 24.5 Å². The molecule has 0 unspecified atom stereocenters. The highest BCUT2D eigenvalue weighted by atomic mass is 32.2. The Morgan fingerprint density at radius 1 is 1.14 bits per heavy atom. The van der Waals surface area contributed by atoms with Gasteiger partial charge in [0.1, 0.15) is 0 Å². The molecule has 1 aromatic heterocycles. The lowest BCUT2D eigenvalue weighted by Crippen LogP contribution is -2.37. The molecule has 29 heavy (non-hydrogen) atoms. The summed E-state index contributed by atoms with van der Waals surface area (Å²) in [6.07, 6.45) is 2.24. The van der Waals surface area contributed by atoms with Crippen LogP contribution in [0.3, 0.4) is 0 Å². The highest BCUT2D eigenvalue weighted by molar-refractivity contribution is 7.92. The number of primary amides is 1. The molecule has 0 aliphatic heterocycles. The third-order valence-corrected chi connectivity index (χ3v) is 4.45. The minimum atomic E-state index is -4.79. The fourth-order valence-electron chi connectivity index (χ4n) is 2.02. The molecule has 1 aromatic carbocycles. The molecular formula is C14H15N5O8S2. The summed E-state index contributed by atoms with van der Waals surface area (Å²) >= 11 is 0. The normalized spacial score (nSPS) is 11.4. The third kappa shape index (κ3) is 6.28. The Labute approximate surface area is 165 Å². The Morgan fingerprint density at radius 2 is 1.83 bits per heavy atom. The predicted octanol–water partition coefficient (Wildman–Crippen LogP) is -0.406. The van der Waals surface area contributed by atoms with Gasteiger partial charge in [-0.3, -0.25) is 4.72 Å². The zero-order valence-electron chi connectivity index (χ0n) is 14.9. The molecule has 2 rings (SSSR count). The van der Waals surface area contributed by atoms with Crippen LogP contribution in [0.5, 0.6) is 5.88 Å². The number of rotatable bonds is 7. The second-order valence-corrected chi connectivity index (χ2v) is 8.38. The molecule has 13 nitrogen and oxygen atoms in total. The Kier molecular flexibility index (Phi) is 6.23. The van der Waals surface area contributed by atoms with Crippen molar-refractivity contribution in [3.63, 3.8) is 0 Å². The highest BCUT2D eigenvalue weighted by Gasteiger charge is 2.22. The number of urea groups is 1. The molecule has 156 valence electrons. The van der Waals surface area contributed by atoms with Crippen molar-refractivity contribution in [3.8, 4) is 17.3 Å². The first-order chi connectivity index (χ1) is 13.4. The standard InChI is InChI=1S/C14H15N5O8S2/c1-26-11-5-6-16-12(17-11)9-7-8(3-4-10(9)18-28(2,22)23)13(20)27-29(24,25)19-14(15)21/h3-7,18H,1-2H3,(H3,15,19,21). The molecule has 0 atom stereocenters. The van der Waals surface area contributed by atoms with E-state index >= 15 is 0 Å². The van der Waals surface area contributed by atoms with Crippen LogP contribution in [0.2, 0.25) is 0 Å². The smallest absolute Gasteiger partial charge is 0.413 e. The number of benzene rings is 1. The number of hydrogen-bond acceptors (Lipinski definition) is 10. The van der Waals surface area contributed by atoms with Gasteiger partial charge >= 0.3 is 22.3 Å². The molecule has 0 aliphatic rings. The van der Waals surface area contributed by atoms with E-state index in [9.17, 15) is 26.4 Å². The number of nitrogens with zero attached hydrogens (tertiary/aromatic N) is 2. The van der Waals surface area contributed by atoms with Crippen LogP contribution in [0.25, 0.3) is 11.4 Å². The lowest BCUT2D eigenvalue weighted by atomic mass is 10.1. The molecule has 2 amide bonds. The zero-order chi connectivity index (χ0) is 21.8. The first-order valence-corrected chi connectivity index (χ1v) is 10.8. The molecule has 4 N–H and O–H groups in total. The van der Waals surface area contributed by atoms with E-state index in [0.29, 0.717) is 0 Å². The van der Waals surface area contributed by atoms with E-state index in [1.807, 2.05) is 0 Å². The summed E-state index contributed by atoms with van der Waals surface area (Å²) in [7, 11) is -7.15. The Hall–Kier alpha value is -3.46. The van der Waals surface area contributed by atoms with E-state index in [2.05, 4.69) is 24.6 Å². The lowest BCUT2D eigenvalue weighted by molar-refractivity contribution is 0.0745. The maximum absolute atomic E-state index is 12.1. The van der Waals surface area contributed by atoms with Crippen LogP contribution in [0, 0.1) is 0 Å². The van der Waals surface area contributed by atoms with Crippen molar-refractivity contribution in [1.82, 2.24) is 14.7 Å². The molecule has 0 saturated carbocycles. The van der Waals surface area contributed by atoms with E-state index in [0.717, 1.165) is 18.4 Å². The second-order valence-electron chi connectivity index (χ2n) is 5.35. The molecule has 0 fully saturated rings. The summed E-state index contributed by atoms with van der Waals surface area (Å²) in [6, 6.07) is 3.37. The fraction of sp³-hybridized carbons (Fsp3) is 0.143. The highest BCUT2D eigenvalue weighted by Crippen LogP contribution is 2.28. The van der Waals surface area contributed by atoms with Gasteiger partial charge in [-0.1, -0.05) is 0 Å². The van der Waals surface area contributed by atoms with Crippen LogP contribution in [0.4, 0.5) is 10.5 Å². The maximum Gasteiger partial charge on any atom is 0.413 e. The van der Waals surface area contributed by atoms with Crippen LogP contribution < -0.4 is 19.9 Å². The van der Waals surface area contributed by atoms with Gasteiger partial charge in [0.25, 0.3) is 0 Å². The first-order valence-electron chi connectivity index (χ1n) is 7.45. The average Bonchev–Trinajstić information content (AvgIpc) is 2.59. The average molecular weight is 445 g/mol. The van der Waals surface area contributed by atoms with Gasteiger partial charge in [0, 0.05) is 17.8 Å². The molecule has 0 aliphatic carbocycles. The van der Waals surface area contributed by atoms with Crippen molar-refractivity contribution in [2.45, 2.75) is 0 Å². The monoisotopic (exact) mass is 445 g/mol. The molecular weight excluding hydrogens is 430 g/mol. The lowest BCUT2D eigenvalue weighted by Gasteiger charge is -2.12. The molecule has 0 radical (unpaired) electrons. The molecule has 0 saturated heterocycles. The summed E-state index contributed by atoms with van der Waals surface area (Å²) < 4.78 is 59.0. The summed E-state index contributed by atoms with van der Waals surface area (Å²) in [5.41, 5.74) is 4.42. The van der Waals surface area contributed by atoms with Gasteiger partial charge in [0.15, 0.2) is 5.82 Å². The second kappa shape index (κ2) is 8.27. The van der Waals surface area contributed by atoms with Gasteiger partial charge in [-0.25, -0.2) is 27.7 Å². The topological polar surface area (TPSA) is 197 Å². The third-order valence-electron chi connectivity index (χ3n) is 3.04. The quantitative estimate of drug-likeness (QED) is 0.504. The number of nitrogens with two attached hydrogens (primary N) is 1. The van der Waals surface area contributed by atoms with Crippen LogP contribution in [0.1, 0.15) is 10.4 Å². The number of anilines is 1. The minimum Gasteiger partial charge on any atom is -0.481 e. The zero-order valence-corrected chi connectivity index (χ0v) is 16.6. The van der Waals surface area contributed by atoms with Gasteiger partial charge < -0.3 is 14.7 Å². The number of hydrogen-bond donors (Lipinski definition) is 3. The van der Waals surface area contributed by atoms with E-state index in [4.69, 9.17) is 4.74 Å². The number of carbonyl (C=O) groups excluding carboxylic acids is 2. The number of aromatic nitrogens is 2. The first kappa shape index (κ1) is 21.8. The Balaban J connectivity index is 2.51. The Bertz CT molecular complexity index is 1160. The van der Waals surface area contributed by atoms with E-state index in [-0.39, 0.29) is 28.5 Å². The van der Waals surface area contributed by atoms with Crippen LogP contribution in [0.15, 0.2) is 30.5 Å². The van der Waals surface area contributed by atoms with E-state index in [1.54, 1.807) is 0 Å². The van der Waals surface area contributed by atoms with Crippen molar-refractivity contribution in [1.29, 1.82) is 0 Å². The van der Waals surface area contributed by atoms with Gasteiger partial charge in [0.05, 0.1) is 24.6 Å². The van der Waals surface area contributed by atoms with Crippen molar-refractivity contribution >= 4 is 38.0 Å². The summed E-state index contributed by atoms with van der Waals surface area (Å²) in [6.45, 7) is 0. The fourth-order valence-corrected chi connectivity index (χ4v) is 3.18. The summed E-state index contributed by atoms with van der Waals surface area (Å²) in [5, 5.41) is 0. The number of carbonyl (C=O) groups is 2. The van der Waals surface area contributed by atoms with E-state index in [1.165, 1.54) is 30.2 Å². The van der Waals surface area contributed by atoms with Gasteiger partial charge in [-0.2, -0.15) is 13.4 Å². The van der Waals surface area contributed by atoms with Crippen molar-refractivity contribution in [3.05, 3.63) is 36.0 Å². The number of methoxy groups -OCH3 is 1. The number of sulfonamides is 1. The number of amides is 2. The summed E-state index contributed by atoms with van der Waals surface area (Å²) in [5.74, 6) is -1.24. The van der Waals surface area contributed by atoms with Gasteiger partial charge in [-0.15, -0.1) is 0 Å². The van der Waals surface area contributed by atoms with Crippen molar-refractivity contribution in [2.75, 3.05) is 18.1 Å². The van der Waals surface area contributed by atoms with Crippen LogP contribution in [-0.4, -0.2) is 52.2 Å². The molecule has 0 spiro atoms. The molecule has 2 aromatic rings. The van der Waals surface area contributed by atoms with Gasteiger partial charge in [0.2, 0.25) is 15.9 Å². The van der Waals surface area contributed by atoms with Gasteiger partial charge in [-0.05, 0) is 18.2 Å².